The Balaban J connectivity index is 1.29. The molecule has 3 rings (SSSR count). The Labute approximate surface area is 694 Å². The lowest BCUT2D eigenvalue weighted by molar-refractivity contribution is -0.379. The van der Waals surface area contributed by atoms with Crippen molar-refractivity contribution in [2.75, 3.05) is 26.4 Å². The first kappa shape index (κ1) is 106. The van der Waals surface area contributed by atoms with Crippen LogP contribution in [-0.2, 0) is 33.2 Å². The molecule has 1 amide bonds. The molecule has 19 nitrogen and oxygen atoms in total. The molecule has 17 atom stereocenters. The third-order valence-electron chi connectivity index (χ3n) is 23.9. The lowest BCUT2D eigenvalue weighted by Crippen LogP contribution is -2.66. The molecule has 670 valence electrons. The second-order valence-corrected chi connectivity index (χ2v) is 34.2. The summed E-state index contributed by atoms with van der Waals surface area (Å²) in [7, 11) is 0. The predicted octanol–water partition coefficient (Wildman–Crippen LogP) is 19.1. The van der Waals surface area contributed by atoms with Gasteiger partial charge in [-0.05, 0) is 57.8 Å². The van der Waals surface area contributed by atoms with Crippen molar-refractivity contribution in [2.45, 2.75) is 523 Å². The van der Waals surface area contributed by atoms with Crippen LogP contribution in [0.4, 0.5) is 0 Å². The van der Waals surface area contributed by atoms with Crippen LogP contribution in [0.2, 0.25) is 0 Å². The molecular formula is C95H177NO18. The maximum atomic E-state index is 13.5. The maximum Gasteiger partial charge on any atom is 0.220 e. The van der Waals surface area contributed by atoms with E-state index in [1.165, 1.54) is 334 Å². The number of hydrogen-bond acceptors (Lipinski definition) is 18. The molecule has 3 aliphatic rings. The molecule has 3 aliphatic heterocycles. The number of amides is 1. The van der Waals surface area contributed by atoms with Crippen LogP contribution in [-0.4, -0.2) is 193 Å². The highest BCUT2D eigenvalue weighted by Crippen LogP contribution is 2.34. The summed E-state index contributed by atoms with van der Waals surface area (Å²) in [5.74, 6) is -0.266. The van der Waals surface area contributed by atoms with Gasteiger partial charge in [-0.1, -0.05) is 403 Å². The summed E-state index contributed by atoms with van der Waals surface area (Å²) in [5, 5.41) is 121. The van der Waals surface area contributed by atoms with Crippen molar-refractivity contribution in [3.05, 3.63) is 48.6 Å². The zero-order valence-corrected chi connectivity index (χ0v) is 72.6. The van der Waals surface area contributed by atoms with Crippen molar-refractivity contribution in [2.24, 2.45) is 0 Å². The number of hydrogen-bond donors (Lipinski definition) is 12. The molecule has 3 saturated heterocycles. The van der Waals surface area contributed by atoms with Gasteiger partial charge in [-0.3, -0.25) is 4.79 Å². The molecule has 0 aromatic carbocycles. The number of carbonyl (C=O) groups excluding carboxylic acids is 1. The van der Waals surface area contributed by atoms with Crippen molar-refractivity contribution in [3.8, 4) is 0 Å². The molecule has 0 aliphatic carbocycles. The standard InChI is InChI=1S/C95H177NO18/c1-3-5-7-9-11-13-15-17-19-21-23-25-27-29-31-33-34-35-36-37-38-39-40-41-42-43-44-45-47-49-51-53-55-57-59-61-63-65-67-69-71-73-83(101)96-78(79(100)72-70-68-66-64-62-60-58-56-54-52-50-48-46-32-30-28-26-24-22-20-18-16-14-12-10-8-6-4-2)77-109-93-89(107)86(104)91(81(75-98)111-93)114-95-90(108)87(105)92(82(76-99)112-95)113-94-88(106)85(103)84(102)80(74-97)110-94/h15,17,21,23,27,29,70,72,78-82,84-95,97-100,102-108H,3-14,16,18-20,22,24-26,28,30-69,71,73-77H2,1-2H3,(H,96,101)/b17-15-,23-21-,29-27-,72-70+. The second kappa shape index (κ2) is 74.6. The molecule has 0 radical (unpaired) electrons. The summed E-state index contributed by atoms with van der Waals surface area (Å²) < 4.78 is 34.6. The number of carbonyl (C=O) groups is 1. The van der Waals surface area contributed by atoms with Crippen LogP contribution in [0.15, 0.2) is 48.6 Å². The average Bonchev–Trinajstić information content (AvgIpc) is 0.782. The summed E-state index contributed by atoms with van der Waals surface area (Å²) in [5.41, 5.74) is 0. The summed E-state index contributed by atoms with van der Waals surface area (Å²) in [6, 6.07) is -0.974. The fraction of sp³-hybridized carbons (Fsp3) is 0.905. The van der Waals surface area contributed by atoms with Gasteiger partial charge in [0.15, 0.2) is 18.9 Å². The first-order valence-electron chi connectivity index (χ1n) is 47.9. The zero-order valence-electron chi connectivity index (χ0n) is 72.6. The van der Waals surface area contributed by atoms with E-state index < -0.39 is 124 Å². The van der Waals surface area contributed by atoms with Gasteiger partial charge >= 0.3 is 0 Å². The molecule has 3 fully saturated rings. The summed E-state index contributed by atoms with van der Waals surface area (Å²) in [4.78, 5) is 13.5. The van der Waals surface area contributed by atoms with Crippen LogP contribution in [0.25, 0.3) is 0 Å². The lowest BCUT2D eigenvalue weighted by atomic mass is 9.96. The summed E-state index contributed by atoms with van der Waals surface area (Å²) in [6.07, 6.45) is 71.4. The van der Waals surface area contributed by atoms with E-state index >= 15 is 0 Å². The smallest absolute Gasteiger partial charge is 0.220 e. The Morgan fingerprint density at radius 1 is 0.316 bits per heavy atom. The minimum atomic E-state index is -1.98. The molecule has 3 heterocycles. The number of aliphatic hydroxyl groups is 11. The van der Waals surface area contributed by atoms with E-state index in [0.717, 1.165) is 57.8 Å². The van der Waals surface area contributed by atoms with E-state index in [1.807, 2.05) is 6.08 Å². The Morgan fingerprint density at radius 2 is 0.579 bits per heavy atom. The Kier molecular flexibility index (Phi) is 69.3. The van der Waals surface area contributed by atoms with E-state index in [-0.39, 0.29) is 18.9 Å². The molecule has 19 heteroatoms. The molecule has 0 aromatic heterocycles. The largest absolute Gasteiger partial charge is 0.394 e. The first-order valence-corrected chi connectivity index (χ1v) is 47.9. The van der Waals surface area contributed by atoms with Crippen LogP contribution < -0.4 is 5.32 Å². The third kappa shape index (κ3) is 52.2. The molecule has 0 bridgehead atoms. The highest BCUT2D eigenvalue weighted by atomic mass is 16.8. The number of ether oxygens (including phenoxy) is 6. The summed E-state index contributed by atoms with van der Waals surface area (Å²) in [6.45, 7) is 1.80. The summed E-state index contributed by atoms with van der Waals surface area (Å²) >= 11 is 0. The minimum absolute atomic E-state index is 0.248. The second-order valence-electron chi connectivity index (χ2n) is 34.2. The van der Waals surface area contributed by atoms with Crippen LogP contribution in [0.3, 0.4) is 0 Å². The van der Waals surface area contributed by atoms with Gasteiger partial charge in [0, 0.05) is 6.42 Å². The lowest BCUT2D eigenvalue weighted by Gasteiger charge is -2.48. The fourth-order valence-electron chi connectivity index (χ4n) is 16.3. The number of rotatable bonds is 79. The van der Waals surface area contributed by atoms with Gasteiger partial charge in [-0.25, -0.2) is 0 Å². The van der Waals surface area contributed by atoms with E-state index in [0.29, 0.717) is 6.42 Å². The normalized spacial score (nSPS) is 24.9. The average molecular weight is 1620 g/mol. The van der Waals surface area contributed by atoms with Gasteiger partial charge in [0.2, 0.25) is 5.91 Å². The Hall–Kier alpha value is -2.25. The number of unbranched alkanes of at least 4 members (excludes halogenated alkanes) is 57. The minimum Gasteiger partial charge on any atom is -0.394 e. The molecule has 0 spiro atoms. The van der Waals surface area contributed by atoms with Gasteiger partial charge in [0.05, 0.1) is 38.6 Å². The maximum absolute atomic E-state index is 13.5. The molecule has 114 heavy (non-hydrogen) atoms. The number of nitrogens with one attached hydrogen (secondary N) is 1. The van der Waals surface area contributed by atoms with E-state index in [2.05, 4.69) is 55.6 Å². The Bertz CT molecular complexity index is 2240. The first-order chi connectivity index (χ1) is 55.8. The van der Waals surface area contributed by atoms with Gasteiger partial charge in [-0.15, -0.1) is 0 Å². The molecule has 12 N–H and O–H groups in total. The van der Waals surface area contributed by atoms with Gasteiger partial charge < -0.3 is 89.9 Å². The van der Waals surface area contributed by atoms with Crippen LogP contribution in [0.1, 0.15) is 418 Å². The van der Waals surface area contributed by atoms with Crippen molar-refractivity contribution < 1.29 is 89.4 Å². The van der Waals surface area contributed by atoms with Crippen molar-refractivity contribution in [1.82, 2.24) is 5.32 Å². The Morgan fingerprint density at radius 3 is 0.904 bits per heavy atom. The molecule has 0 saturated carbocycles. The SMILES string of the molecule is CCCCCCC/C=C\C/C=C\C/C=C\CCCCCCCCCCCCCCCCCCCCCCCCCCCCC(=O)NC(COC1OC(CO)C(OC2OC(CO)C(OC3OC(CO)C(O)C(O)C3O)C(O)C2O)C(O)C1O)C(O)/C=C/CCCCCCCCCCCCCCCCCCCCCCCCCCCC. The number of aliphatic hydroxyl groups excluding tert-OH is 11. The predicted molar refractivity (Wildman–Crippen MR) is 462 cm³/mol. The van der Waals surface area contributed by atoms with Crippen molar-refractivity contribution in [3.63, 3.8) is 0 Å². The van der Waals surface area contributed by atoms with Crippen LogP contribution in [0.5, 0.6) is 0 Å². The van der Waals surface area contributed by atoms with Gasteiger partial charge in [0.25, 0.3) is 0 Å². The highest BCUT2D eigenvalue weighted by molar-refractivity contribution is 5.76. The van der Waals surface area contributed by atoms with Crippen molar-refractivity contribution >= 4 is 5.91 Å². The van der Waals surface area contributed by atoms with E-state index in [9.17, 15) is 61.0 Å². The number of allylic oxidation sites excluding steroid dienone is 7. The highest BCUT2D eigenvalue weighted by Gasteiger charge is 2.54. The molecular weight excluding hydrogens is 1440 g/mol. The van der Waals surface area contributed by atoms with Gasteiger partial charge in [-0.2, -0.15) is 0 Å². The van der Waals surface area contributed by atoms with Crippen LogP contribution in [0, 0.1) is 0 Å². The molecule has 17 unspecified atom stereocenters. The van der Waals surface area contributed by atoms with Gasteiger partial charge in [0.1, 0.15) is 73.2 Å². The van der Waals surface area contributed by atoms with Crippen LogP contribution >= 0.6 is 0 Å². The zero-order chi connectivity index (χ0) is 82.4. The van der Waals surface area contributed by atoms with Crippen molar-refractivity contribution in [1.29, 1.82) is 0 Å². The monoisotopic (exact) mass is 1620 g/mol. The van der Waals surface area contributed by atoms with E-state index in [4.69, 9.17) is 28.4 Å². The quantitative estimate of drug-likeness (QED) is 0.0199. The molecule has 0 aromatic rings. The van der Waals surface area contributed by atoms with E-state index in [1.54, 1.807) is 6.08 Å². The fourth-order valence-corrected chi connectivity index (χ4v) is 16.3. The third-order valence-corrected chi connectivity index (χ3v) is 23.9. The topological polar surface area (TPSA) is 307 Å².